The van der Waals surface area contributed by atoms with E-state index < -0.39 is 0 Å². The summed E-state index contributed by atoms with van der Waals surface area (Å²) in [6.45, 7) is 4.18. The van der Waals surface area contributed by atoms with Gasteiger partial charge >= 0.3 is 0 Å². The van der Waals surface area contributed by atoms with Gasteiger partial charge in [0.15, 0.2) is 0 Å². The van der Waals surface area contributed by atoms with Crippen molar-refractivity contribution in [1.29, 1.82) is 0 Å². The molecule has 2 aromatic carbocycles. The predicted molar refractivity (Wildman–Crippen MR) is 80.9 cm³/mol. The second-order valence-corrected chi connectivity index (χ2v) is 5.13. The third-order valence-corrected chi connectivity index (χ3v) is 3.53. The number of aryl methyl sites for hydroxylation is 2. The van der Waals surface area contributed by atoms with Crippen LogP contribution >= 0.6 is 0 Å². The van der Waals surface area contributed by atoms with Gasteiger partial charge in [-0.15, -0.1) is 0 Å². The van der Waals surface area contributed by atoms with Crippen LogP contribution in [0.2, 0.25) is 0 Å². The van der Waals surface area contributed by atoms with E-state index in [0.717, 1.165) is 22.4 Å². The van der Waals surface area contributed by atoms with Gasteiger partial charge in [-0.25, -0.2) is 4.98 Å². The first-order valence-corrected chi connectivity index (χ1v) is 6.73. The Morgan fingerprint density at radius 3 is 2.55 bits per heavy atom. The molecule has 1 atom stereocenters. The van der Waals surface area contributed by atoms with E-state index >= 15 is 0 Å². The average molecular weight is 266 g/mol. The highest BCUT2D eigenvalue weighted by atomic mass is 16.5. The molecule has 0 fully saturated rings. The van der Waals surface area contributed by atoms with Gasteiger partial charge in [-0.1, -0.05) is 36.4 Å². The molecule has 0 aliphatic rings. The molecule has 102 valence electrons. The van der Waals surface area contributed by atoms with Crippen molar-refractivity contribution in [3.05, 3.63) is 65.0 Å². The first-order chi connectivity index (χ1) is 9.69. The fraction of sp³-hybridized carbons (Fsp3) is 0.235. The highest BCUT2D eigenvalue weighted by Crippen LogP contribution is 2.26. The zero-order chi connectivity index (χ0) is 14.1. The van der Waals surface area contributed by atoms with Crippen molar-refractivity contribution in [3.8, 4) is 0 Å². The molecule has 0 amide bonds. The maximum Gasteiger partial charge on any atom is 0.141 e. The van der Waals surface area contributed by atoms with Gasteiger partial charge in [-0.3, -0.25) is 0 Å². The van der Waals surface area contributed by atoms with Gasteiger partial charge in [-0.2, -0.15) is 0 Å². The summed E-state index contributed by atoms with van der Waals surface area (Å²) in [4.78, 5) is 8.11. The Balaban J connectivity index is 2.11. The van der Waals surface area contributed by atoms with Crippen LogP contribution in [0.15, 0.2) is 42.5 Å². The highest BCUT2D eigenvalue weighted by Gasteiger charge is 2.17. The second-order valence-electron chi connectivity index (χ2n) is 5.13. The summed E-state index contributed by atoms with van der Waals surface area (Å²) >= 11 is 0. The van der Waals surface area contributed by atoms with E-state index in [1.165, 1.54) is 11.1 Å². The van der Waals surface area contributed by atoms with E-state index in [1.807, 2.05) is 18.2 Å². The summed E-state index contributed by atoms with van der Waals surface area (Å²) in [5, 5.41) is 0. The standard InChI is InChI=1S/C17H18N2O/c1-11-9-12(2)15-14(10-11)18-17(19-15)16(20-3)13-7-5-4-6-8-13/h4-10,16H,1-3H3,(H,18,19). The first-order valence-electron chi connectivity index (χ1n) is 6.73. The maximum absolute atomic E-state index is 5.63. The molecule has 1 N–H and O–H groups in total. The van der Waals surface area contributed by atoms with Gasteiger partial charge in [0.05, 0.1) is 11.0 Å². The zero-order valence-electron chi connectivity index (χ0n) is 12.0. The Kier molecular flexibility index (Phi) is 3.28. The SMILES string of the molecule is COC(c1ccccc1)c1nc2c(C)cc(C)cc2[nH]1. The Morgan fingerprint density at radius 1 is 1.10 bits per heavy atom. The molecule has 1 aromatic heterocycles. The van der Waals surface area contributed by atoms with Gasteiger partial charge in [0.25, 0.3) is 0 Å². The number of H-pyrrole nitrogens is 1. The normalized spacial score (nSPS) is 12.8. The van der Waals surface area contributed by atoms with Crippen molar-refractivity contribution in [2.75, 3.05) is 7.11 Å². The number of ether oxygens (including phenoxy) is 1. The quantitative estimate of drug-likeness (QED) is 0.780. The Bertz CT molecular complexity index is 731. The molecule has 0 aliphatic heterocycles. The molecule has 1 unspecified atom stereocenters. The lowest BCUT2D eigenvalue weighted by Crippen LogP contribution is -2.05. The summed E-state index contributed by atoms with van der Waals surface area (Å²) in [6, 6.07) is 14.4. The number of aromatic nitrogens is 2. The monoisotopic (exact) mass is 266 g/mol. The summed E-state index contributed by atoms with van der Waals surface area (Å²) in [5.41, 5.74) is 5.60. The zero-order valence-corrected chi connectivity index (χ0v) is 12.0. The minimum Gasteiger partial charge on any atom is -0.369 e. The lowest BCUT2D eigenvalue weighted by Gasteiger charge is -2.12. The molecule has 1 heterocycles. The summed E-state index contributed by atoms with van der Waals surface area (Å²) in [6.07, 6.45) is -0.164. The van der Waals surface area contributed by atoms with Crippen LogP contribution in [0.3, 0.4) is 0 Å². The minimum absolute atomic E-state index is 0.164. The van der Waals surface area contributed by atoms with Crippen molar-refractivity contribution in [1.82, 2.24) is 9.97 Å². The molecule has 3 heteroatoms. The van der Waals surface area contributed by atoms with Crippen LogP contribution in [0.5, 0.6) is 0 Å². The average Bonchev–Trinajstić information content (AvgIpc) is 2.84. The van der Waals surface area contributed by atoms with E-state index in [1.54, 1.807) is 7.11 Å². The third kappa shape index (κ3) is 2.21. The number of imidazole rings is 1. The van der Waals surface area contributed by atoms with Gasteiger partial charge in [0, 0.05) is 7.11 Å². The van der Waals surface area contributed by atoms with Crippen molar-refractivity contribution < 1.29 is 4.74 Å². The topological polar surface area (TPSA) is 37.9 Å². The predicted octanol–water partition coefficient (Wildman–Crippen LogP) is 3.92. The van der Waals surface area contributed by atoms with Crippen LogP contribution in [0.25, 0.3) is 11.0 Å². The van der Waals surface area contributed by atoms with Crippen molar-refractivity contribution in [2.45, 2.75) is 20.0 Å². The largest absolute Gasteiger partial charge is 0.369 e. The molecule has 20 heavy (non-hydrogen) atoms. The number of nitrogens with zero attached hydrogens (tertiary/aromatic N) is 1. The Labute approximate surface area is 118 Å². The summed E-state index contributed by atoms with van der Waals surface area (Å²) in [5.74, 6) is 0.849. The summed E-state index contributed by atoms with van der Waals surface area (Å²) < 4.78 is 5.63. The van der Waals surface area contributed by atoms with Crippen molar-refractivity contribution >= 4 is 11.0 Å². The molecule has 0 saturated carbocycles. The highest BCUT2D eigenvalue weighted by molar-refractivity contribution is 5.79. The molecule has 0 spiro atoms. The number of methoxy groups -OCH3 is 1. The molecule has 0 bridgehead atoms. The Hall–Kier alpha value is -2.13. The van der Waals surface area contributed by atoms with Crippen LogP contribution in [0, 0.1) is 13.8 Å². The first kappa shape index (κ1) is 12.9. The lowest BCUT2D eigenvalue weighted by atomic mass is 10.1. The van der Waals surface area contributed by atoms with E-state index in [2.05, 4.69) is 43.1 Å². The number of aromatic amines is 1. The number of hydrogen-bond acceptors (Lipinski definition) is 2. The number of nitrogens with one attached hydrogen (secondary N) is 1. The van der Waals surface area contributed by atoms with Crippen LogP contribution in [0.1, 0.15) is 28.6 Å². The Morgan fingerprint density at radius 2 is 1.85 bits per heavy atom. The fourth-order valence-corrected chi connectivity index (χ4v) is 2.65. The summed E-state index contributed by atoms with van der Waals surface area (Å²) in [7, 11) is 1.71. The minimum atomic E-state index is -0.164. The molecule has 0 radical (unpaired) electrons. The molecule has 3 nitrogen and oxygen atoms in total. The van der Waals surface area contributed by atoms with Crippen LogP contribution in [-0.2, 0) is 4.74 Å². The molecule has 0 aliphatic carbocycles. The van der Waals surface area contributed by atoms with E-state index in [0.29, 0.717) is 0 Å². The van der Waals surface area contributed by atoms with E-state index in [-0.39, 0.29) is 6.10 Å². The smallest absolute Gasteiger partial charge is 0.141 e. The lowest BCUT2D eigenvalue weighted by molar-refractivity contribution is 0.130. The number of benzene rings is 2. The van der Waals surface area contributed by atoms with Gasteiger partial charge < -0.3 is 9.72 Å². The van der Waals surface area contributed by atoms with Crippen LogP contribution in [0.4, 0.5) is 0 Å². The van der Waals surface area contributed by atoms with Gasteiger partial charge in [0.1, 0.15) is 11.9 Å². The van der Waals surface area contributed by atoms with E-state index in [9.17, 15) is 0 Å². The van der Waals surface area contributed by atoms with Gasteiger partial charge in [0.2, 0.25) is 0 Å². The molecule has 3 rings (SSSR count). The molecular weight excluding hydrogens is 248 g/mol. The number of rotatable bonds is 3. The van der Waals surface area contributed by atoms with Crippen molar-refractivity contribution in [3.63, 3.8) is 0 Å². The second kappa shape index (κ2) is 5.10. The molecule has 0 saturated heterocycles. The van der Waals surface area contributed by atoms with Crippen LogP contribution in [-0.4, -0.2) is 17.1 Å². The van der Waals surface area contributed by atoms with Gasteiger partial charge in [-0.05, 0) is 36.6 Å². The fourth-order valence-electron chi connectivity index (χ4n) is 2.65. The number of fused-ring (bicyclic) bond motifs is 1. The molecular formula is C17H18N2O. The van der Waals surface area contributed by atoms with Crippen molar-refractivity contribution in [2.24, 2.45) is 0 Å². The molecule has 3 aromatic rings. The maximum atomic E-state index is 5.63. The number of hydrogen-bond donors (Lipinski definition) is 1. The third-order valence-electron chi connectivity index (χ3n) is 3.53. The van der Waals surface area contributed by atoms with Crippen LogP contribution < -0.4 is 0 Å². The van der Waals surface area contributed by atoms with E-state index in [4.69, 9.17) is 9.72 Å².